The van der Waals surface area contributed by atoms with Crippen LogP contribution in [0.4, 0.5) is 5.69 Å². The zero-order chi connectivity index (χ0) is 11.4. The van der Waals surface area contributed by atoms with Gasteiger partial charge in [0.05, 0.1) is 5.52 Å². The van der Waals surface area contributed by atoms with Crippen LogP contribution in [0.15, 0.2) is 30.5 Å². The van der Waals surface area contributed by atoms with Gasteiger partial charge in [-0.1, -0.05) is 26.0 Å². The number of benzene rings is 1. The van der Waals surface area contributed by atoms with E-state index in [1.807, 2.05) is 12.3 Å². The van der Waals surface area contributed by atoms with Crippen molar-refractivity contribution in [3.8, 4) is 0 Å². The van der Waals surface area contributed by atoms with E-state index in [0.717, 1.165) is 24.9 Å². The molecule has 0 unspecified atom stereocenters. The van der Waals surface area contributed by atoms with Crippen molar-refractivity contribution in [3.63, 3.8) is 0 Å². The molecule has 1 aromatic heterocycles. The molecule has 1 N–H and O–H groups in total. The SMILES string of the molecule is CCCNc1ccnc2cc(CC)ccc12. The molecule has 0 spiro atoms. The third kappa shape index (κ3) is 2.16. The average molecular weight is 214 g/mol. The maximum absolute atomic E-state index is 4.42. The van der Waals surface area contributed by atoms with Crippen LogP contribution in [-0.2, 0) is 6.42 Å². The summed E-state index contributed by atoms with van der Waals surface area (Å²) in [5, 5.41) is 4.65. The predicted octanol–water partition coefficient (Wildman–Crippen LogP) is 3.62. The van der Waals surface area contributed by atoms with Crippen molar-refractivity contribution in [1.82, 2.24) is 4.98 Å². The summed E-state index contributed by atoms with van der Waals surface area (Å²) in [5.74, 6) is 0. The Labute approximate surface area is 96.7 Å². The zero-order valence-corrected chi connectivity index (χ0v) is 9.96. The van der Waals surface area contributed by atoms with E-state index in [4.69, 9.17) is 0 Å². The highest BCUT2D eigenvalue weighted by Gasteiger charge is 2.01. The minimum absolute atomic E-state index is 1.01. The van der Waals surface area contributed by atoms with Gasteiger partial charge in [-0.2, -0.15) is 0 Å². The Bertz CT molecular complexity index is 477. The van der Waals surface area contributed by atoms with Crippen molar-refractivity contribution in [1.29, 1.82) is 0 Å². The van der Waals surface area contributed by atoms with Crippen LogP contribution in [0, 0.1) is 0 Å². The number of rotatable bonds is 4. The van der Waals surface area contributed by atoms with Crippen LogP contribution in [0.5, 0.6) is 0 Å². The van der Waals surface area contributed by atoms with Crippen molar-refractivity contribution in [2.75, 3.05) is 11.9 Å². The molecule has 0 aliphatic heterocycles. The molecule has 0 bridgehead atoms. The Morgan fingerprint density at radius 2 is 2.06 bits per heavy atom. The Kier molecular flexibility index (Phi) is 3.40. The Morgan fingerprint density at radius 1 is 1.19 bits per heavy atom. The minimum Gasteiger partial charge on any atom is -0.384 e. The van der Waals surface area contributed by atoms with E-state index < -0.39 is 0 Å². The molecule has 0 radical (unpaired) electrons. The standard InChI is InChI=1S/C14H18N2/c1-3-8-15-13-7-9-16-14-10-11(4-2)5-6-12(13)14/h5-7,9-10H,3-4,8H2,1-2H3,(H,15,16). The number of aryl methyl sites for hydroxylation is 1. The molecule has 0 amide bonds. The van der Waals surface area contributed by atoms with E-state index in [-0.39, 0.29) is 0 Å². The van der Waals surface area contributed by atoms with Gasteiger partial charge in [-0.25, -0.2) is 0 Å². The number of hydrogen-bond donors (Lipinski definition) is 1. The first-order valence-corrected chi connectivity index (χ1v) is 5.96. The van der Waals surface area contributed by atoms with Gasteiger partial charge in [0.1, 0.15) is 0 Å². The van der Waals surface area contributed by atoms with Crippen molar-refractivity contribution < 1.29 is 0 Å². The lowest BCUT2D eigenvalue weighted by Gasteiger charge is -2.08. The Hall–Kier alpha value is -1.57. The van der Waals surface area contributed by atoms with Crippen LogP contribution in [0.25, 0.3) is 10.9 Å². The average Bonchev–Trinajstić information content (AvgIpc) is 2.35. The van der Waals surface area contributed by atoms with Crippen molar-refractivity contribution in [3.05, 3.63) is 36.0 Å². The Morgan fingerprint density at radius 3 is 2.81 bits per heavy atom. The molecular formula is C14H18N2. The molecule has 0 fully saturated rings. The van der Waals surface area contributed by atoms with Gasteiger partial charge in [0.2, 0.25) is 0 Å². The number of hydrogen-bond acceptors (Lipinski definition) is 2. The second-order valence-electron chi connectivity index (χ2n) is 3.99. The summed E-state index contributed by atoms with van der Waals surface area (Å²) in [7, 11) is 0. The number of nitrogens with one attached hydrogen (secondary N) is 1. The third-order valence-corrected chi connectivity index (χ3v) is 2.78. The first kappa shape index (κ1) is 10.9. The molecule has 1 heterocycles. The van der Waals surface area contributed by atoms with Crippen LogP contribution in [0.3, 0.4) is 0 Å². The molecule has 16 heavy (non-hydrogen) atoms. The normalized spacial score (nSPS) is 10.6. The van der Waals surface area contributed by atoms with Crippen LogP contribution in [0.1, 0.15) is 25.8 Å². The molecule has 0 atom stereocenters. The van der Waals surface area contributed by atoms with E-state index in [1.54, 1.807) is 0 Å². The molecule has 1 aromatic carbocycles. The lowest BCUT2D eigenvalue weighted by molar-refractivity contribution is 0.981. The number of aromatic nitrogens is 1. The fourth-order valence-electron chi connectivity index (χ4n) is 1.83. The summed E-state index contributed by atoms with van der Waals surface area (Å²) in [6.07, 6.45) is 4.07. The zero-order valence-electron chi connectivity index (χ0n) is 9.96. The van der Waals surface area contributed by atoms with Gasteiger partial charge in [0, 0.05) is 23.8 Å². The van der Waals surface area contributed by atoms with E-state index in [1.165, 1.54) is 16.6 Å². The highest BCUT2D eigenvalue weighted by molar-refractivity contribution is 5.91. The smallest absolute Gasteiger partial charge is 0.0725 e. The molecule has 0 aliphatic carbocycles. The van der Waals surface area contributed by atoms with Crippen molar-refractivity contribution in [2.45, 2.75) is 26.7 Å². The van der Waals surface area contributed by atoms with Crippen molar-refractivity contribution in [2.24, 2.45) is 0 Å². The second-order valence-corrected chi connectivity index (χ2v) is 3.99. The lowest BCUT2D eigenvalue weighted by atomic mass is 10.1. The molecule has 0 aliphatic rings. The molecular weight excluding hydrogens is 196 g/mol. The quantitative estimate of drug-likeness (QED) is 0.840. The van der Waals surface area contributed by atoms with Gasteiger partial charge in [0.15, 0.2) is 0 Å². The second kappa shape index (κ2) is 4.97. The van der Waals surface area contributed by atoms with Gasteiger partial charge in [0.25, 0.3) is 0 Å². The molecule has 2 aromatic rings. The number of pyridine rings is 1. The van der Waals surface area contributed by atoms with Gasteiger partial charge >= 0.3 is 0 Å². The van der Waals surface area contributed by atoms with Crippen LogP contribution in [-0.4, -0.2) is 11.5 Å². The largest absolute Gasteiger partial charge is 0.384 e. The monoisotopic (exact) mass is 214 g/mol. The predicted molar refractivity (Wildman–Crippen MR) is 69.9 cm³/mol. The van der Waals surface area contributed by atoms with Crippen LogP contribution < -0.4 is 5.32 Å². The first-order chi connectivity index (χ1) is 7.85. The summed E-state index contributed by atoms with van der Waals surface area (Å²) in [6, 6.07) is 8.57. The first-order valence-electron chi connectivity index (χ1n) is 5.96. The summed E-state index contributed by atoms with van der Waals surface area (Å²) in [6.45, 7) is 5.35. The van der Waals surface area contributed by atoms with Crippen LogP contribution >= 0.6 is 0 Å². The summed E-state index contributed by atoms with van der Waals surface area (Å²) in [5.41, 5.74) is 3.61. The fourth-order valence-corrected chi connectivity index (χ4v) is 1.83. The summed E-state index contributed by atoms with van der Waals surface area (Å²) >= 11 is 0. The molecule has 2 nitrogen and oxygen atoms in total. The van der Waals surface area contributed by atoms with E-state index >= 15 is 0 Å². The van der Waals surface area contributed by atoms with E-state index in [9.17, 15) is 0 Å². The topological polar surface area (TPSA) is 24.9 Å². The molecule has 0 saturated heterocycles. The van der Waals surface area contributed by atoms with E-state index in [2.05, 4.69) is 42.3 Å². The van der Waals surface area contributed by atoms with Crippen molar-refractivity contribution >= 4 is 16.6 Å². The maximum Gasteiger partial charge on any atom is 0.0725 e. The van der Waals surface area contributed by atoms with Gasteiger partial charge in [-0.05, 0) is 30.5 Å². The molecule has 2 heteroatoms. The molecule has 2 rings (SSSR count). The highest BCUT2D eigenvalue weighted by atomic mass is 14.9. The summed E-state index contributed by atoms with van der Waals surface area (Å²) in [4.78, 5) is 4.42. The maximum atomic E-state index is 4.42. The number of fused-ring (bicyclic) bond motifs is 1. The molecule has 0 saturated carbocycles. The van der Waals surface area contributed by atoms with Gasteiger partial charge in [-0.3, -0.25) is 4.98 Å². The number of nitrogens with zero attached hydrogens (tertiary/aromatic N) is 1. The van der Waals surface area contributed by atoms with E-state index in [0.29, 0.717) is 0 Å². The highest BCUT2D eigenvalue weighted by Crippen LogP contribution is 2.22. The number of anilines is 1. The third-order valence-electron chi connectivity index (χ3n) is 2.78. The minimum atomic E-state index is 1.01. The fraction of sp³-hybridized carbons (Fsp3) is 0.357. The lowest BCUT2D eigenvalue weighted by Crippen LogP contribution is -2.00. The summed E-state index contributed by atoms with van der Waals surface area (Å²) < 4.78 is 0. The van der Waals surface area contributed by atoms with Crippen LogP contribution in [0.2, 0.25) is 0 Å². The van der Waals surface area contributed by atoms with Gasteiger partial charge < -0.3 is 5.32 Å². The Balaban J connectivity index is 2.43. The molecule has 84 valence electrons. The van der Waals surface area contributed by atoms with Gasteiger partial charge in [-0.15, -0.1) is 0 Å².